The summed E-state index contributed by atoms with van der Waals surface area (Å²) < 4.78 is 44.6. The van der Waals surface area contributed by atoms with Gasteiger partial charge in [-0.1, -0.05) is 43.6 Å². The Morgan fingerprint density at radius 1 is 0.688 bits per heavy atom. The molecule has 17 rings (SSSR count). The smallest absolute Gasteiger partial charge is 0.325 e. The monoisotopic (exact) mass is 1750 g/mol. The van der Waals surface area contributed by atoms with Crippen LogP contribution in [0.15, 0.2) is 97.1 Å². The standard InChI is InChI=1S/C87H105ClN12O25/c1-35(2)19-52(91-7)78(111)99-68-70(105)41-10-17-56(36(3)20-41)121-58-28-45-29-59(75(58)125-85-76(74(109)73(108)60(34-101)123-85)124-62-32-87(5,89)77(110)37(4)120-62)122-57-18-11-42(27-51(57)88)71(106)69-84(117)98-67(82(115)95-64-43-22-38-21-39(24-43)25-44(64)23-38)49-30-55(103)50(33-90-6)72(107)63(49)48-26-40(9-16-54(48)102)65(80(113)100-69)97-81(114)66(45)96-79(112)53(93-83(68)116)31-61(104)94-86(118)92-46-12-14-47(119-8)15-13-46/h9-18,20,26-30,35,37-39,43-44,52-53,60,62,64-71,73-74,76-77,85,90-91,101-103,105-110H,19,21-25,31-34,89H2,1-8H3,(H,93,116)(H,95,115)(H,96,112)(H,97,114)(H,98,117)(H,99,111)(H,100,113)(H2,92,94,104,118)/t37-,38?,39?,43?,44?,52+,53-,60+,62-,64?,65+,66+,67-,68+,69-,70+,71+,73+,74-,76+,77+,85-,87-/m0/s1. The van der Waals surface area contributed by atoms with E-state index in [4.69, 9.17) is 50.5 Å². The van der Waals surface area contributed by atoms with E-state index >= 15 is 28.8 Å². The molecule has 7 aliphatic heterocycles. The van der Waals surface area contributed by atoms with E-state index in [2.05, 4.69) is 58.5 Å². The Morgan fingerprint density at radius 3 is 1.96 bits per heavy atom. The molecule has 38 heteroatoms. The SMILES string of the molecule is CNCc1c(O)cc2c(c1O)-c1cc(ccc1O)[C@H]1NC(=O)[C@@H]3NC(=O)[C@H](CC(=O)NC(=O)Nc4ccc(OC)cc4)NC(=O)[C@H](NC(=O)[C@@H](CC(C)C)NC)[C@H](O)c4ccc(c(C)c4)Oc4cc3cc(c4O[C@@H]3O[C@H](CO)[C@@H](O)[C@H](O)[C@H]3O[C@H]3C[C@](C)(N)[C@H](O)[C@H](C)O3)Oc3ccc(cc3Cl)[C@@H](O)[C@H](NC1=O)C(=O)N[C@@H]2C(=O)NC1C2CC3CC(C2)CC1C3. The highest BCUT2D eigenvalue weighted by molar-refractivity contribution is 6.32. The van der Waals surface area contributed by atoms with E-state index in [1.165, 1.54) is 96.6 Å². The molecule has 6 fully saturated rings. The largest absolute Gasteiger partial charge is 0.507 e. The second-order valence-corrected chi connectivity index (χ2v) is 34.6. The van der Waals surface area contributed by atoms with Gasteiger partial charge in [-0.2, -0.15) is 0 Å². The van der Waals surface area contributed by atoms with Crippen LogP contribution in [0.25, 0.3) is 11.1 Å². The summed E-state index contributed by atoms with van der Waals surface area (Å²) in [7, 11) is 4.41. The predicted octanol–water partition coefficient (Wildman–Crippen LogP) is 3.21. The maximum atomic E-state index is 16.7. The molecule has 670 valence electrons. The first-order valence-electron chi connectivity index (χ1n) is 41.5. The summed E-state index contributed by atoms with van der Waals surface area (Å²) in [6.07, 6.45) is -14.3. The Balaban J connectivity index is 0.977. The Hall–Kier alpha value is -11.0. The zero-order chi connectivity index (χ0) is 89.6. The van der Waals surface area contributed by atoms with Crippen molar-refractivity contribution in [1.29, 1.82) is 0 Å². The molecule has 11 aliphatic rings. The summed E-state index contributed by atoms with van der Waals surface area (Å²) in [6, 6.07) is 4.44. The van der Waals surface area contributed by atoms with Crippen molar-refractivity contribution in [3.8, 4) is 62.9 Å². The lowest BCUT2D eigenvalue weighted by Gasteiger charge is -2.54. The van der Waals surface area contributed by atoms with E-state index in [1.54, 1.807) is 0 Å². The summed E-state index contributed by atoms with van der Waals surface area (Å²) in [6.45, 7) is 6.99. The molecular weight excluding hydrogens is 1650 g/mol. The second kappa shape index (κ2) is 37.3. The van der Waals surface area contributed by atoms with Crippen LogP contribution in [0.3, 0.4) is 0 Å². The zero-order valence-electron chi connectivity index (χ0n) is 69.6. The third kappa shape index (κ3) is 19.1. The zero-order valence-corrected chi connectivity index (χ0v) is 70.4. The van der Waals surface area contributed by atoms with Gasteiger partial charge in [-0.25, -0.2) is 4.79 Å². The highest BCUT2D eigenvalue weighted by atomic mass is 35.5. The number of aromatic hydroxyl groups is 3. The molecule has 6 aromatic rings. The molecular formula is C87H105ClN12O25. The highest BCUT2D eigenvalue weighted by Gasteiger charge is 2.53. The molecule has 0 radical (unpaired) electrons. The van der Waals surface area contributed by atoms with Gasteiger partial charge in [-0.15, -0.1) is 0 Å². The quantitative estimate of drug-likeness (QED) is 0.0587. The fraction of sp³-hybridized carbons (Fsp3) is 0.483. The number of methoxy groups -OCH3 is 1. The van der Waals surface area contributed by atoms with Crippen LogP contribution < -0.4 is 83.2 Å². The number of carbonyl (C=O) groups excluding carboxylic acids is 9. The Bertz CT molecular complexity index is 5110. The number of ether oxygens (including phenoxy) is 7. The maximum Gasteiger partial charge on any atom is 0.325 e. The van der Waals surface area contributed by atoms with Gasteiger partial charge in [0.05, 0.1) is 49.0 Å². The number of nitrogens with one attached hydrogen (secondary N) is 11. The minimum atomic E-state index is -2.40. The number of hydrogen-bond donors (Lipinski definition) is 21. The lowest BCUT2D eigenvalue weighted by Crippen LogP contribution is -2.64. The van der Waals surface area contributed by atoms with Crippen molar-refractivity contribution in [3.05, 3.63) is 141 Å². The number of aliphatic hydroxyl groups is 6. The van der Waals surface area contributed by atoms with Gasteiger partial charge in [0.1, 0.15) is 101 Å². The Morgan fingerprint density at radius 2 is 1.33 bits per heavy atom. The molecule has 2 saturated heterocycles. The van der Waals surface area contributed by atoms with Crippen LogP contribution in [0, 0.1) is 36.5 Å². The molecule has 7 heterocycles. The number of phenolic OH excluding ortho intramolecular Hbond substituents is 3. The average Bonchev–Trinajstić information content (AvgIpc) is 1.43. The first-order valence-corrected chi connectivity index (χ1v) is 41.9. The van der Waals surface area contributed by atoms with Gasteiger partial charge in [0.25, 0.3) is 0 Å². The Kier molecular flexibility index (Phi) is 26.9. The van der Waals surface area contributed by atoms with Gasteiger partial charge >= 0.3 is 6.03 Å². The topological polar surface area (TPSA) is 559 Å². The van der Waals surface area contributed by atoms with E-state index < -0.39 is 227 Å². The third-order valence-electron chi connectivity index (χ3n) is 24.8. The first-order chi connectivity index (χ1) is 59.5. The van der Waals surface area contributed by atoms with Crippen molar-refractivity contribution < 1.29 is 122 Å². The van der Waals surface area contributed by atoms with Crippen LogP contribution in [0.2, 0.25) is 5.02 Å². The van der Waals surface area contributed by atoms with Crippen molar-refractivity contribution in [1.82, 2.24) is 53.2 Å². The van der Waals surface area contributed by atoms with Gasteiger partial charge in [0, 0.05) is 41.4 Å². The number of likely N-dealkylation sites (N-methyl/N-ethyl adjacent to an activating group) is 1. The van der Waals surface area contributed by atoms with Gasteiger partial charge in [-0.3, -0.25) is 43.7 Å². The van der Waals surface area contributed by atoms with Crippen molar-refractivity contribution in [2.45, 2.75) is 208 Å². The lowest BCUT2D eigenvalue weighted by molar-refractivity contribution is -0.333. The fourth-order valence-electron chi connectivity index (χ4n) is 18.5. The van der Waals surface area contributed by atoms with Gasteiger partial charge < -0.3 is 138 Å². The van der Waals surface area contributed by atoms with Gasteiger partial charge in [-0.05, 0) is 215 Å². The summed E-state index contributed by atoms with van der Waals surface area (Å²) >= 11 is 7.32. The van der Waals surface area contributed by atoms with Crippen molar-refractivity contribution >= 4 is 70.6 Å². The number of halogens is 1. The predicted molar refractivity (Wildman–Crippen MR) is 444 cm³/mol. The minimum Gasteiger partial charge on any atom is -0.507 e. The Labute approximate surface area is 722 Å². The highest BCUT2D eigenvalue weighted by Crippen LogP contribution is 2.55. The van der Waals surface area contributed by atoms with Crippen LogP contribution in [0.1, 0.15) is 148 Å². The number of imide groups is 1. The molecule has 0 unspecified atom stereocenters. The van der Waals surface area contributed by atoms with Crippen LogP contribution in [0.4, 0.5) is 10.5 Å². The van der Waals surface area contributed by atoms with Crippen molar-refractivity contribution in [2.24, 2.45) is 35.3 Å². The molecule has 18 atom stereocenters. The average molecular weight is 1750 g/mol. The summed E-state index contributed by atoms with van der Waals surface area (Å²) in [5.41, 5.74) is 3.25. The van der Waals surface area contributed by atoms with E-state index in [0.717, 1.165) is 74.6 Å². The minimum absolute atomic E-state index is 0.0470. The number of hydrogen-bond acceptors (Lipinski definition) is 28. The number of aryl methyl sites for hydroxylation is 1. The van der Waals surface area contributed by atoms with E-state index in [0.29, 0.717) is 17.6 Å². The first kappa shape index (κ1) is 90.2. The summed E-state index contributed by atoms with van der Waals surface area (Å²) in [4.78, 5) is 139. The van der Waals surface area contributed by atoms with Crippen molar-refractivity contribution in [2.75, 3.05) is 33.1 Å². The van der Waals surface area contributed by atoms with E-state index in [9.17, 15) is 60.3 Å². The second-order valence-electron chi connectivity index (χ2n) is 34.2. The normalized spacial score (nSPS) is 30.3. The molecule has 6 aromatic carbocycles. The summed E-state index contributed by atoms with van der Waals surface area (Å²) in [5.74, 6) is -12.7. The van der Waals surface area contributed by atoms with Gasteiger partial charge in [0.15, 0.2) is 23.9 Å². The van der Waals surface area contributed by atoms with Crippen LogP contribution in [-0.2, 0) is 59.1 Å². The molecule has 4 aliphatic carbocycles. The van der Waals surface area contributed by atoms with Crippen LogP contribution in [0.5, 0.6) is 51.7 Å². The van der Waals surface area contributed by atoms with Crippen LogP contribution in [-0.4, -0.2) is 212 Å². The molecule has 4 saturated carbocycles. The summed E-state index contributed by atoms with van der Waals surface area (Å²) in [5, 5.41) is 137. The van der Waals surface area contributed by atoms with E-state index in [1.807, 2.05) is 13.8 Å². The third-order valence-corrected chi connectivity index (χ3v) is 25.1. The molecule has 22 N–H and O–H groups in total. The maximum absolute atomic E-state index is 16.7. The number of amides is 10. The molecule has 125 heavy (non-hydrogen) atoms. The molecule has 0 spiro atoms. The van der Waals surface area contributed by atoms with Crippen molar-refractivity contribution in [3.63, 3.8) is 0 Å². The number of fused-ring (bicyclic) bond motifs is 15. The molecule has 0 aromatic heterocycles. The fourth-order valence-corrected chi connectivity index (χ4v) is 18.8. The van der Waals surface area contributed by atoms with E-state index in [-0.39, 0.29) is 98.8 Å². The van der Waals surface area contributed by atoms with Gasteiger partial charge in [0.2, 0.25) is 59.3 Å². The number of rotatable bonds is 18. The number of nitrogens with two attached hydrogens (primary N) is 1. The lowest BCUT2D eigenvalue weighted by atomic mass is 9.54. The number of anilines is 1. The molecule has 15 bridgehead atoms. The number of urea groups is 1. The van der Waals surface area contributed by atoms with Crippen LogP contribution >= 0.6 is 11.6 Å². The number of aliphatic hydroxyl groups excluding tert-OH is 6. The molecule has 37 nitrogen and oxygen atoms in total. The number of benzene rings is 6. The molecule has 10 amide bonds. The number of carbonyl (C=O) groups is 9. The number of phenols is 3.